The standard InChI is InChI=1S/C23H14F2N4O2/c24-16-9-5-14(6-10-16)20(30)13-28-19-4-2-1-3-18(19)22-26-21(27-29(22)23(28)31)15-7-11-17(25)12-8-15/h1-12H,13H2. The smallest absolute Gasteiger partial charge is 0.292 e. The Balaban J connectivity index is 1.68. The normalized spacial score (nSPS) is 11.3. The molecule has 5 aromatic rings. The van der Waals surface area contributed by atoms with E-state index in [2.05, 4.69) is 10.1 Å². The maximum Gasteiger partial charge on any atom is 0.351 e. The average molecular weight is 416 g/mol. The van der Waals surface area contributed by atoms with Gasteiger partial charge in [0.1, 0.15) is 11.6 Å². The molecule has 0 unspecified atom stereocenters. The van der Waals surface area contributed by atoms with Crippen molar-refractivity contribution in [3.63, 3.8) is 0 Å². The Morgan fingerprint density at radius 2 is 1.52 bits per heavy atom. The molecule has 31 heavy (non-hydrogen) atoms. The van der Waals surface area contributed by atoms with Gasteiger partial charge in [-0.25, -0.2) is 18.6 Å². The van der Waals surface area contributed by atoms with Gasteiger partial charge in [0.15, 0.2) is 17.3 Å². The minimum absolute atomic E-state index is 0.243. The predicted octanol–water partition coefficient (Wildman–Crippen LogP) is 3.87. The maximum absolute atomic E-state index is 13.3. The third kappa shape index (κ3) is 3.28. The average Bonchev–Trinajstić information content (AvgIpc) is 3.23. The molecule has 0 aliphatic carbocycles. The van der Waals surface area contributed by atoms with Crippen LogP contribution in [0.2, 0.25) is 0 Å². The quantitative estimate of drug-likeness (QED) is 0.417. The number of fused-ring (bicyclic) bond motifs is 3. The molecule has 0 saturated carbocycles. The zero-order chi connectivity index (χ0) is 21.5. The van der Waals surface area contributed by atoms with Crippen LogP contribution in [0.4, 0.5) is 8.78 Å². The van der Waals surface area contributed by atoms with Crippen molar-refractivity contribution in [2.24, 2.45) is 0 Å². The second-order valence-corrected chi connectivity index (χ2v) is 6.99. The van der Waals surface area contributed by atoms with Crippen molar-refractivity contribution in [3.8, 4) is 11.4 Å². The highest BCUT2D eigenvalue weighted by molar-refractivity contribution is 5.98. The molecule has 5 rings (SSSR count). The number of nitrogens with zero attached hydrogens (tertiary/aromatic N) is 4. The molecule has 3 aromatic carbocycles. The van der Waals surface area contributed by atoms with Crippen molar-refractivity contribution >= 4 is 22.3 Å². The number of hydrogen-bond acceptors (Lipinski definition) is 4. The number of para-hydroxylation sites is 1. The summed E-state index contributed by atoms with van der Waals surface area (Å²) in [6.07, 6.45) is 0. The Labute approximate surface area is 174 Å². The molecule has 0 bridgehead atoms. The van der Waals surface area contributed by atoms with Gasteiger partial charge in [0.2, 0.25) is 0 Å². The molecular weight excluding hydrogens is 402 g/mol. The van der Waals surface area contributed by atoms with Crippen molar-refractivity contribution in [3.05, 3.63) is 100 Å². The fourth-order valence-electron chi connectivity index (χ4n) is 3.48. The van der Waals surface area contributed by atoms with E-state index in [4.69, 9.17) is 0 Å². The van der Waals surface area contributed by atoms with Gasteiger partial charge in [0.05, 0.1) is 12.1 Å². The molecule has 0 spiro atoms. The van der Waals surface area contributed by atoms with Gasteiger partial charge in [0, 0.05) is 16.5 Å². The number of aromatic nitrogens is 4. The summed E-state index contributed by atoms with van der Waals surface area (Å²) >= 11 is 0. The van der Waals surface area contributed by atoms with Crippen LogP contribution in [-0.4, -0.2) is 24.9 Å². The number of benzene rings is 3. The van der Waals surface area contributed by atoms with Crippen molar-refractivity contribution in [2.75, 3.05) is 0 Å². The SMILES string of the molecule is O=C(Cn1c(=O)n2nc(-c3ccc(F)cc3)nc2c2ccccc21)c1ccc(F)cc1. The fraction of sp³-hybridized carbons (Fsp3) is 0.0435. The molecule has 8 heteroatoms. The van der Waals surface area contributed by atoms with Crippen LogP contribution in [0.15, 0.2) is 77.6 Å². The Morgan fingerprint density at radius 3 is 2.23 bits per heavy atom. The Hall–Kier alpha value is -4.20. The highest BCUT2D eigenvalue weighted by atomic mass is 19.1. The van der Waals surface area contributed by atoms with Crippen LogP contribution in [0.5, 0.6) is 0 Å². The monoisotopic (exact) mass is 416 g/mol. The number of ketones is 1. The number of Topliss-reactive ketones (excluding diaryl/α,β-unsaturated/α-hetero) is 1. The summed E-state index contributed by atoms with van der Waals surface area (Å²) in [6, 6.07) is 17.9. The van der Waals surface area contributed by atoms with E-state index in [1.165, 1.54) is 53.1 Å². The first-order valence-corrected chi connectivity index (χ1v) is 9.44. The zero-order valence-electron chi connectivity index (χ0n) is 16.0. The largest absolute Gasteiger partial charge is 0.351 e. The Kier molecular flexibility index (Phi) is 4.39. The van der Waals surface area contributed by atoms with Crippen molar-refractivity contribution in [1.82, 2.24) is 19.2 Å². The third-order valence-corrected chi connectivity index (χ3v) is 5.03. The highest BCUT2D eigenvalue weighted by Gasteiger charge is 2.18. The number of carbonyl (C=O) groups is 1. The molecular formula is C23H14F2N4O2. The predicted molar refractivity (Wildman–Crippen MR) is 111 cm³/mol. The first-order chi connectivity index (χ1) is 15.0. The lowest BCUT2D eigenvalue weighted by molar-refractivity contribution is 0.0971. The molecule has 2 aromatic heterocycles. The summed E-state index contributed by atoms with van der Waals surface area (Å²) in [6.45, 7) is -0.243. The Morgan fingerprint density at radius 1 is 0.871 bits per heavy atom. The Bertz CT molecular complexity index is 1500. The fourth-order valence-corrected chi connectivity index (χ4v) is 3.48. The van der Waals surface area contributed by atoms with E-state index in [1.807, 2.05) is 0 Å². The van der Waals surface area contributed by atoms with Gasteiger partial charge >= 0.3 is 5.69 Å². The highest BCUT2D eigenvalue weighted by Crippen LogP contribution is 2.21. The lowest BCUT2D eigenvalue weighted by atomic mass is 10.1. The zero-order valence-corrected chi connectivity index (χ0v) is 16.0. The van der Waals surface area contributed by atoms with E-state index < -0.39 is 11.5 Å². The van der Waals surface area contributed by atoms with Gasteiger partial charge in [-0.3, -0.25) is 9.36 Å². The molecule has 0 radical (unpaired) electrons. The minimum Gasteiger partial charge on any atom is -0.292 e. The topological polar surface area (TPSA) is 69.3 Å². The number of rotatable bonds is 4. The van der Waals surface area contributed by atoms with Crippen molar-refractivity contribution in [2.45, 2.75) is 6.54 Å². The van der Waals surface area contributed by atoms with Gasteiger partial charge in [-0.1, -0.05) is 12.1 Å². The molecule has 0 fully saturated rings. The molecule has 2 heterocycles. The molecule has 0 saturated heterocycles. The van der Waals surface area contributed by atoms with E-state index in [0.717, 1.165) is 4.52 Å². The first kappa shape index (κ1) is 18.8. The van der Waals surface area contributed by atoms with E-state index in [1.54, 1.807) is 24.3 Å². The van der Waals surface area contributed by atoms with Crippen LogP contribution < -0.4 is 5.69 Å². The lowest BCUT2D eigenvalue weighted by Gasteiger charge is -2.10. The summed E-state index contributed by atoms with van der Waals surface area (Å²) in [5.41, 5.74) is 1.18. The van der Waals surface area contributed by atoms with E-state index in [0.29, 0.717) is 27.7 Å². The van der Waals surface area contributed by atoms with Crippen LogP contribution in [0.1, 0.15) is 10.4 Å². The van der Waals surface area contributed by atoms with Gasteiger partial charge in [-0.05, 0) is 60.7 Å². The number of carbonyl (C=O) groups excluding carboxylic acids is 1. The number of halogens is 2. The molecule has 0 N–H and O–H groups in total. The molecule has 0 atom stereocenters. The second-order valence-electron chi connectivity index (χ2n) is 6.99. The van der Waals surface area contributed by atoms with Gasteiger partial charge in [0.25, 0.3) is 0 Å². The van der Waals surface area contributed by atoms with Crippen LogP contribution in [-0.2, 0) is 6.54 Å². The maximum atomic E-state index is 13.3. The van der Waals surface area contributed by atoms with E-state index in [9.17, 15) is 18.4 Å². The summed E-state index contributed by atoms with van der Waals surface area (Å²) in [4.78, 5) is 30.4. The molecule has 0 aliphatic rings. The molecule has 152 valence electrons. The summed E-state index contributed by atoms with van der Waals surface area (Å²) in [7, 11) is 0. The van der Waals surface area contributed by atoms with Crippen LogP contribution in [0.3, 0.4) is 0 Å². The van der Waals surface area contributed by atoms with E-state index in [-0.39, 0.29) is 24.0 Å². The third-order valence-electron chi connectivity index (χ3n) is 5.03. The van der Waals surface area contributed by atoms with Crippen molar-refractivity contribution in [1.29, 1.82) is 0 Å². The van der Waals surface area contributed by atoms with E-state index >= 15 is 0 Å². The van der Waals surface area contributed by atoms with Crippen LogP contribution in [0.25, 0.3) is 27.9 Å². The minimum atomic E-state index is -0.537. The second kappa shape index (κ2) is 7.24. The van der Waals surface area contributed by atoms with Crippen LogP contribution >= 0.6 is 0 Å². The van der Waals surface area contributed by atoms with Gasteiger partial charge < -0.3 is 0 Å². The van der Waals surface area contributed by atoms with Crippen LogP contribution in [0, 0.1) is 11.6 Å². The molecule has 6 nitrogen and oxygen atoms in total. The van der Waals surface area contributed by atoms with Gasteiger partial charge in [-0.2, -0.15) is 4.52 Å². The van der Waals surface area contributed by atoms with Crippen molar-refractivity contribution < 1.29 is 13.6 Å². The molecule has 0 amide bonds. The number of hydrogen-bond donors (Lipinski definition) is 0. The van der Waals surface area contributed by atoms with Gasteiger partial charge in [-0.15, -0.1) is 5.10 Å². The summed E-state index contributed by atoms with van der Waals surface area (Å²) < 4.78 is 28.9. The summed E-state index contributed by atoms with van der Waals surface area (Å²) in [5.74, 6) is -0.911. The summed E-state index contributed by atoms with van der Waals surface area (Å²) in [5, 5.41) is 4.94. The first-order valence-electron chi connectivity index (χ1n) is 9.44. The lowest BCUT2D eigenvalue weighted by Crippen LogP contribution is -2.30. The molecule has 0 aliphatic heterocycles.